The van der Waals surface area contributed by atoms with Crippen molar-refractivity contribution in [3.63, 3.8) is 0 Å². The van der Waals surface area contributed by atoms with Crippen molar-refractivity contribution in [3.05, 3.63) is 90.3 Å². The molecule has 0 saturated carbocycles. The Balaban J connectivity index is 2.23. The maximum Gasteiger partial charge on any atom is 0.419 e. The van der Waals surface area contributed by atoms with Gasteiger partial charge in [0.05, 0.1) is 18.5 Å². The van der Waals surface area contributed by atoms with Gasteiger partial charge in [-0.25, -0.2) is 0 Å². The van der Waals surface area contributed by atoms with Crippen LogP contribution in [0.4, 0.5) is 13.2 Å². The highest BCUT2D eigenvalue weighted by molar-refractivity contribution is 7.85. The minimum atomic E-state index is -4.81. The van der Waals surface area contributed by atoms with Gasteiger partial charge in [-0.3, -0.25) is 9.17 Å². The van der Waals surface area contributed by atoms with E-state index < -0.39 is 47.2 Å². The minimum Gasteiger partial charge on any atom is -0.391 e. The molecule has 3 aromatic rings. The molecule has 1 heterocycles. The van der Waals surface area contributed by atoms with Crippen molar-refractivity contribution in [3.8, 4) is 0 Å². The summed E-state index contributed by atoms with van der Waals surface area (Å²) < 4.78 is 78.3. The molecule has 0 amide bonds. The summed E-state index contributed by atoms with van der Waals surface area (Å²) in [5.41, 5.74) is -0.473. The lowest BCUT2D eigenvalue weighted by Crippen LogP contribution is -2.67. The topological polar surface area (TPSA) is 65.5 Å². The zero-order chi connectivity index (χ0) is 25.9. The molecule has 0 saturated heterocycles. The van der Waals surface area contributed by atoms with E-state index in [0.29, 0.717) is 10.4 Å². The second-order valence-electron chi connectivity index (χ2n) is 9.13. The van der Waals surface area contributed by atoms with Gasteiger partial charge in [0.25, 0.3) is 18.4 Å². The Hall–Kier alpha value is -2.53. The van der Waals surface area contributed by atoms with E-state index in [1.54, 1.807) is 60.7 Å². The molecule has 1 unspecified atom stereocenters. The third kappa shape index (κ3) is 6.00. The van der Waals surface area contributed by atoms with Gasteiger partial charge in [0, 0.05) is 0 Å². The SMILES string of the molecule is COS(=O)(=O)Cc1cccc(C(O[Si](c2ccccc2)(c2ccccc2)C(C)(C)C)C(F)(F)F)n1. The third-order valence-electron chi connectivity index (χ3n) is 5.68. The van der Waals surface area contributed by atoms with Crippen LogP contribution in [-0.2, 0) is 24.5 Å². The molecule has 0 aliphatic rings. The normalized spacial score (nSPS) is 14.0. The zero-order valence-electron chi connectivity index (χ0n) is 19.9. The number of benzene rings is 2. The summed E-state index contributed by atoms with van der Waals surface area (Å²) in [4.78, 5) is 4.04. The van der Waals surface area contributed by atoms with Crippen LogP contribution in [0, 0.1) is 0 Å². The Bertz CT molecular complexity index is 1190. The summed E-state index contributed by atoms with van der Waals surface area (Å²) in [7, 11) is -6.56. The largest absolute Gasteiger partial charge is 0.419 e. The van der Waals surface area contributed by atoms with Crippen LogP contribution >= 0.6 is 0 Å². The van der Waals surface area contributed by atoms with Crippen molar-refractivity contribution in [1.82, 2.24) is 4.98 Å². The first-order chi connectivity index (χ1) is 16.3. The number of pyridine rings is 1. The van der Waals surface area contributed by atoms with Crippen LogP contribution in [0.5, 0.6) is 0 Å². The second kappa shape index (κ2) is 10.2. The fourth-order valence-corrected chi connectivity index (χ4v) is 9.39. The average molecular weight is 524 g/mol. The van der Waals surface area contributed by atoms with Crippen molar-refractivity contribution in [2.75, 3.05) is 7.11 Å². The molecule has 2 aromatic carbocycles. The van der Waals surface area contributed by atoms with Gasteiger partial charge in [-0.2, -0.15) is 21.6 Å². The average Bonchev–Trinajstić information content (AvgIpc) is 2.79. The van der Waals surface area contributed by atoms with E-state index in [2.05, 4.69) is 9.17 Å². The Morgan fingerprint density at radius 1 is 0.857 bits per heavy atom. The fourth-order valence-electron chi connectivity index (χ4n) is 4.13. The number of rotatable bonds is 8. The fraction of sp³-hybridized carbons (Fsp3) is 0.320. The van der Waals surface area contributed by atoms with Gasteiger partial charge < -0.3 is 4.43 Å². The summed E-state index contributed by atoms with van der Waals surface area (Å²) in [5.74, 6) is -0.652. The van der Waals surface area contributed by atoms with Gasteiger partial charge in [0.15, 0.2) is 6.10 Å². The van der Waals surface area contributed by atoms with Crippen LogP contribution in [0.15, 0.2) is 78.9 Å². The second-order valence-corrected chi connectivity index (χ2v) is 15.1. The van der Waals surface area contributed by atoms with Crippen molar-refractivity contribution in [2.45, 2.75) is 43.8 Å². The maximum atomic E-state index is 14.6. The number of alkyl halides is 3. The van der Waals surface area contributed by atoms with E-state index >= 15 is 0 Å². The van der Waals surface area contributed by atoms with Gasteiger partial charge in [0.2, 0.25) is 0 Å². The molecule has 1 atom stereocenters. The number of nitrogens with zero attached hydrogens (tertiary/aromatic N) is 1. The summed E-state index contributed by atoms with van der Waals surface area (Å²) in [5, 5.41) is 0.674. The van der Waals surface area contributed by atoms with Crippen molar-refractivity contribution in [1.29, 1.82) is 0 Å². The molecule has 0 fully saturated rings. The number of aromatic nitrogens is 1. The predicted octanol–water partition coefficient (Wildman–Crippen LogP) is 4.74. The minimum absolute atomic E-state index is 0.0651. The van der Waals surface area contributed by atoms with Gasteiger partial charge in [-0.05, 0) is 27.5 Å². The lowest BCUT2D eigenvalue weighted by molar-refractivity contribution is -0.201. The predicted molar refractivity (Wildman–Crippen MR) is 131 cm³/mol. The first-order valence-electron chi connectivity index (χ1n) is 10.9. The van der Waals surface area contributed by atoms with Crippen LogP contribution in [-0.4, -0.2) is 35.0 Å². The lowest BCUT2D eigenvalue weighted by atomic mass is 10.2. The van der Waals surface area contributed by atoms with Crippen LogP contribution in [0.1, 0.15) is 38.3 Å². The number of halogens is 3. The van der Waals surface area contributed by atoms with E-state index in [-0.39, 0.29) is 5.69 Å². The molecule has 0 aliphatic heterocycles. The van der Waals surface area contributed by atoms with Gasteiger partial charge in [-0.1, -0.05) is 87.5 Å². The van der Waals surface area contributed by atoms with Crippen molar-refractivity contribution < 1.29 is 30.2 Å². The molecule has 0 spiro atoms. The standard InChI is InChI=1S/C25H28F3NO4SSi/c1-24(2,3)35(20-13-7-5-8-14-20,21-15-9-6-10-16-21)33-23(25(26,27)28)22-17-11-12-19(29-22)18-34(30,31)32-4/h5-17,23H,18H2,1-4H3. The summed E-state index contributed by atoms with van der Waals surface area (Å²) >= 11 is 0. The first kappa shape index (κ1) is 27.1. The molecular formula is C25H28F3NO4SSi. The molecule has 1 aromatic heterocycles. The van der Waals surface area contributed by atoms with Crippen LogP contribution in [0.25, 0.3) is 0 Å². The molecule has 0 radical (unpaired) electrons. The van der Waals surface area contributed by atoms with E-state index in [1.807, 2.05) is 20.8 Å². The molecule has 0 aliphatic carbocycles. The van der Waals surface area contributed by atoms with Crippen molar-refractivity contribution in [2.24, 2.45) is 0 Å². The van der Waals surface area contributed by atoms with Crippen molar-refractivity contribution >= 4 is 28.8 Å². The van der Waals surface area contributed by atoms with Gasteiger partial charge >= 0.3 is 6.18 Å². The highest BCUT2D eigenvalue weighted by Gasteiger charge is 2.56. The molecule has 10 heteroatoms. The highest BCUT2D eigenvalue weighted by Crippen LogP contribution is 2.44. The molecule has 0 N–H and O–H groups in total. The van der Waals surface area contributed by atoms with E-state index in [4.69, 9.17) is 4.43 Å². The maximum absolute atomic E-state index is 14.6. The van der Waals surface area contributed by atoms with Crippen LogP contribution in [0.2, 0.25) is 5.04 Å². The van der Waals surface area contributed by atoms with E-state index in [9.17, 15) is 21.6 Å². The van der Waals surface area contributed by atoms with E-state index in [1.165, 1.54) is 18.2 Å². The quantitative estimate of drug-likeness (QED) is 0.315. The number of hydrogen-bond donors (Lipinski definition) is 0. The summed E-state index contributed by atoms with van der Waals surface area (Å²) in [6.07, 6.45) is -7.18. The molecule has 35 heavy (non-hydrogen) atoms. The smallest absolute Gasteiger partial charge is 0.391 e. The molecule has 5 nitrogen and oxygen atoms in total. The Labute approximate surface area is 205 Å². The molecular weight excluding hydrogens is 495 g/mol. The Kier molecular flexibility index (Phi) is 7.90. The lowest BCUT2D eigenvalue weighted by Gasteiger charge is -2.45. The summed E-state index contributed by atoms with van der Waals surface area (Å²) in [6.45, 7) is 5.63. The molecule has 3 rings (SSSR count). The van der Waals surface area contributed by atoms with E-state index in [0.717, 1.165) is 7.11 Å². The van der Waals surface area contributed by atoms with Gasteiger partial charge in [0.1, 0.15) is 5.75 Å². The van der Waals surface area contributed by atoms with Gasteiger partial charge in [-0.15, -0.1) is 0 Å². The van der Waals surface area contributed by atoms with Crippen LogP contribution < -0.4 is 10.4 Å². The first-order valence-corrected chi connectivity index (χ1v) is 14.4. The monoisotopic (exact) mass is 523 g/mol. The molecule has 0 bridgehead atoms. The Morgan fingerprint density at radius 2 is 1.37 bits per heavy atom. The Morgan fingerprint density at radius 3 is 1.80 bits per heavy atom. The summed E-state index contributed by atoms with van der Waals surface area (Å²) in [6, 6.07) is 21.8. The third-order valence-corrected chi connectivity index (χ3v) is 11.8. The molecule has 188 valence electrons. The zero-order valence-corrected chi connectivity index (χ0v) is 21.7. The van der Waals surface area contributed by atoms with Crippen LogP contribution in [0.3, 0.4) is 0 Å². The highest BCUT2D eigenvalue weighted by atomic mass is 32.2. The number of hydrogen-bond acceptors (Lipinski definition) is 5.